The minimum atomic E-state index is -1.03. The molecule has 0 aliphatic carbocycles. The van der Waals surface area contributed by atoms with Gasteiger partial charge in [0, 0.05) is 17.4 Å². The Morgan fingerprint density at radius 2 is 1.83 bits per heavy atom. The summed E-state index contributed by atoms with van der Waals surface area (Å²) in [6.07, 6.45) is 1.53. The molecule has 1 amide bonds. The molecule has 2 aromatic rings. The summed E-state index contributed by atoms with van der Waals surface area (Å²) < 4.78 is 5.84. The van der Waals surface area contributed by atoms with Crippen molar-refractivity contribution >= 4 is 24.5 Å². The molecule has 1 aromatic heterocycles. The number of anilines is 1. The zero-order valence-corrected chi connectivity index (χ0v) is 18.7. The first-order chi connectivity index (χ1) is 13.8. The Morgan fingerprint density at radius 3 is 2.43 bits per heavy atom. The van der Waals surface area contributed by atoms with Crippen LogP contribution in [-0.2, 0) is 10.1 Å². The van der Waals surface area contributed by atoms with Gasteiger partial charge in [0.15, 0.2) is 0 Å². The van der Waals surface area contributed by atoms with E-state index >= 15 is 0 Å². The molecule has 0 bridgehead atoms. The van der Waals surface area contributed by atoms with Gasteiger partial charge in [-0.15, -0.1) is 0 Å². The van der Waals surface area contributed by atoms with Crippen LogP contribution in [0.4, 0.5) is 5.69 Å². The highest BCUT2D eigenvalue weighted by molar-refractivity contribution is 6.48. The van der Waals surface area contributed by atoms with Crippen LogP contribution in [0.3, 0.4) is 0 Å². The molecule has 2 N–H and O–H groups in total. The van der Waals surface area contributed by atoms with Gasteiger partial charge in [0.1, 0.15) is 0 Å². The lowest BCUT2D eigenvalue weighted by Gasteiger charge is -2.37. The molecule has 2 rings (SSSR count). The molecule has 7 heteroatoms. The molecule has 0 saturated carbocycles. The van der Waals surface area contributed by atoms with E-state index in [1.54, 1.807) is 47.3 Å². The number of nitrogens with zero attached hydrogens (tertiary/aromatic N) is 2. The van der Waals surface area contributed by atoms with Crippen molar-refractivity contribution in [3.63, 3.8) is 0 Å². The van der Waals surface area contributed by atoms with Crippen molar-refractivity contribution in [2.45, 2.75) is 65.1 Å². The van der Waals surface area contributed by atoms with Crippen molar-refractivity contribution in [3.05, 3.63) is 53.3 Å². The molecule has 30 heavy (non-hydrogen) atoms. The average molecular weight is 406 g/mol. The van der Waals surface area contributed by atoms with Crippen molar-refractivity contribution < 1.29 is 14.6 Å². The number of nitriles is 1. The van der Waals surface area contributed by atoms with Crippen LogP contribution in [0.25, 0.3) is 0 Å². The summed E-state index contributed by atoms with van der Waals surface area (Å²) in [5.74, 6) is -0.292. The third kappa shape index (κ3) is 5.47. The number of nitrogens with one attached hydrogen (secondary N) is 1. The van der Waals surface area contributed by atoms with Crippen LogP contribution in [-0.4, -0.2) is 34.7 Å². The van der Waals surface area contributed by atoms with E-state index in [-0.39, 0.29) is 5.91 Å². The predicted molar refractivity (Wildman–Crippen MR) is 119 cm³/mol. The molecular weight excluding hydrogens is 377 g/mol. The van der Waals surface area contributed by atoms with Crippen LogP contribution in [0, 0.1) is 18.3 Å². The largest absolute Gasteiger partial charge is 0.427 e. The van der Waals surface area contributed by atoms with E-state index in [4.69, 9.17) is 4.65 Å². The Morgan fingerprint density at radius 1 is 1.17 bits per heavy atom. The van der Waals surface area contributed by atoms with E-state index in [2.05, 4.69) is 16.4 Å². The fraction of sp³-hybridized carbons (Fsp3) is 0.435. The van der Waals surface area contributed by atoms with E-state index in [0.29, 0.717) is 16.9 Å². The molecule has 0 atom stereocenters. The average Bonchev–Trinajstić information content (AvgIpc) is 2.67. The van der Waals surface area contributed by atoms with Crippen LogP contribution in [0.1, 0.15) is 63.2 Å². The highest BCUT2D eigenvalue weighted by Gasteiger charge is 2.35. The van der Waals surface area contributed by atoms with Crippen molar-refractivity contribution in [3.8, 4) is 6.07 Å². The number of hydrogen-bond acceptors (Lipinski definition) is 5. The molecule has 1 heterocycles. The van der Waals surface area contributed by atoms with Gasteiger partial charge in [-0.1, -0.05) is 11.6 Å². The van der Waals surface area contributed by atoms with Crippen molar-refractivity contribution in [2.75, 3.05) is 5.32 Å². The van der Waals surface area contributed by atoms with Gasteiger partial charge >= 0.3 is 7.48 Å². The summed E-state index contributed by atoms with van der Waals surface area (Å²) in [6.45, 7) is 12.5. The molecule has 1 aromatic carbocycles. The Bertz CT molecular complexity index is 972. The van der Waals surface area contributed by atoms with E-state index < -0.39 is 16.6 Å². The van der Waals surface area contributed by atoms with Gasteiger partial charge in [0.25, 0.3) is 5.91 Å². The first-order valence-electron chi connectivity index (χ1n) is 9.80. The topological polar surface area (TPSA) is 95.2 Å². The number of pyridine rings is 1. The lowest BCUT2D eigenvalue weighted by Crippen LogP contribution is -2.49. The fourth-order valence-corrected chi connectivity index (χ4v) is 2.37. The van der Waals surface area contributed by atoms with E-state index in [9.17, 15) is 15.2 Å². The highest BCUT2D eigenvalue weighted by atomic mass is 16.5. The normalized spacial score (nSPS) is 12.2. The van der Waals surface area contributed by atoms with E-state index in [1.165, 1.54) is 6.20 Å². The van der Waals surface area contributed by atoms with Crippen LogP contribution in [0.2, 0.25) is 0 Å². The monoisotopic (exact) mass is 406 g/mol. The summed E-state index contributed by atoms with van der Waals surface area (Å²) >= 11 is 0. The van der Waals surface area contributed by atoms with E-state index in [1.807, 2.05) is 39.0 Å². The van der Waals surface area contributed by atoms with E-state index in [0.717, 1.165) is 11.0 Å². The maximum absolute atomic E-state index is 12.7. The quantitative estimate of drug-likeness (QED) is 0.689. The van der Waals surface area contributed by atoms with Crippen LogP contribution < -0.4 is 10.8 Å². The second-order valence-corrected chi connectivity index (χ2v) is 9.00. The van der Waals surface area contributed by atoms with Crippen LogP contribution in [0.5, 0.6) is 0 Å². The summed E-state index contributed by atoms with van der Waals surface area (Å²) in [5.41, 5.74) is 0.741. The van der Waals surface area contributed by atoms with Gasteiger partial charge in [-0.25, -0.2) is 0 Å². The first-order valence-corrected chi connectivity index (χ1v) is 9.80. The van der Waals surface area contributed by atoms with Crippen molar-refractivity contribution in [1.29, 1.82) is 5.26 Å². The lowest BCUT2D eigenvalue weighted by atomic mass is 9.80. The van der Waals surface area contributed by atoms with Crippen LogP contribution in [0.15, 0.2) is 36.5 Å². The van der Waals surface area contributed by atoms with Crippen LogP contribution >= 0.6 is 0 Å². The summed E-state index contributed by atoms with van der Waals surface area (Å²) in [6, 6.07) is 11.0. The number of hydrogen-bond donors (Lipinski definition) is 2. The van der Waals surface area contributed by atoms with Gasteiger partial charge in [0.05, 0.1) is 28.4 Å². The molecule has 157 valence electrons. The molecule has 0 aliphatic rings. The molecule has 1 radical (unpaired) electrons. The molecule has 0 aliphatic heterocycles. The minimum Gasteiger partial charge on any atom is -0.427 e. The Labute approximate surface area is 179 Å². The summed E-state index contributed by atoms with van der Waals surface area (Å²) in [5, 5.41) is 22.4. The zero-order chi connectivity index (χ0) is 22.7. The third-order valence-corrected chi connectivity index (χ3v) is 5.43. The second kappa shape index (κ2) is 8.59. The number of carbonyl (C=O) groups excluding carboxylic acids is 1. The minimum absolute atomic E-state index is 0.292. The predicted octanol–water partition coefficient (Wildman–Crippen LogP) is 3.25. The smallest absolute Gasteiger partial charge is 0.331 e. The first kappa shape index (κ1) is 23.6. The molecule has 6 nitrogen and oxygen atoms in total. The SMILES string of the molecule is Cc1ccc(NC(=O)c2ccnc(C(C)(C)C#N)c2)cc1[B]OC(C)(C)C(C)(C)O. The Kier molecular flexibility index (Phi) is 6.75. The molecule has 0 unspecified atom stereocenters. The maximum Gasteiger partial charge on any atom is 0.331 e. The molecule has 0 fully saturated rings. The summed E-state index contributed by atoms with van der Waals surface area (Å²) in [7, 11) is 1.60. The summed E-state index contributed by atoms with van der Waals surface area (Å²) in [4.78, 5) is 16.9. The number of rotatable bonds is 7. The molecule has 0 spiro atoms. The van der Waals surface area contributed by atoms with Gasteiger partial charge < -0.3 is 15.1 Å². The van der Waals surface area contributed by atoms with Crippen molar-refractivity contribution in [1.82, 2.24) is 4.98 Å². The standard InChI is InChI=1S/C23H29BN3O3/c1-15-8-9-17(13-18(15)24-30-23(6,7)22(4,5)29)27-20(28)16-10-11-26-19(12-16)21(2,3)14-25/h8-13,29H,1-7H3,(H,27,28). The second-order valence-electron chi connectivity index (χ2n) is 9.00. The Balaban J connectivity index is 2.19. The lowest BCUT2D eigenvalue weighted by molar-refractivity contribution is -0.0893. The van der Waals surface area contributed by atoms with Gasteiger partial charge in [-0.3, -0.25) is 9.78 Å². The highest BCUT2D eigenvalue weighted by Crippen LogP contribution is 2.24. The van der Waals surface area contributed by atoms with Gasteiger partial charge in [0.2, 0.25) is 0 Å². The number of aryl methyl sites for hydroxylation is 1. The third-order valence-electron chi connectivity index (χ3n) is 5.43. The van der Waals surface area contributed by atoms with Gasteiger partial charge in [-0.05, 0) is 78.2 Å². The number of benzene rings is 1. The zero-order valence-electron chi connectivity index (χ0n) is 18.7. The maximum atomic E-state index is 12.7. The molecular formula is C23H29BN3O3. The van der Waals surface area contributed by atoms with Gasteiger partial charge in [-0.2, -0.15) is 5.26 Å². The number of carbonyl (C=O) groups is 1. The number of aliphatic hydroxyl groups is 1. The number of aromatic nitrogens is 1. The fourth-order valence-electron chi connectivity index (χ4n) is 2.37. The Hall–Kier alpha value is -2.69. The molecule has 0 saturated heterocycles. The number of amides is 1. The van der Waals surface area contributed by atoms with Crippen molar-refractivity contribution in [2.24, 2.45) is 0 Å².